The molecule has 0 unspecified atom stereocenters. The first-order valence-corrected chi connectivity index (χ1v) is 8.79. The molecule has 0 N–H and O–H groups in total. The Labute approximate surface area is 153 Å². The quantitative estimate of drug-likeness (QED) is 0.660. The molecule has 130 valence electrons. The second-order valence-corrected chi connectivity index (χ2v) is 6.84. The summed E-state index contributed by atoms with van der Waals surface area (Å²) in [6.07, 6.45) is 2.26. The van der Waals surface area contributed by atoms with Gasteiger partial charge in [0.1, 0.15) is 5.82 Å². The Morgan fingerprint density at radius 1 is 1.19 bits per heavy atom. The summed E-state index contributed by atoms with van der Waals surface area (Å²) < 4.78 is 2.00. The van der Waals surface area contributed by atoms with Crippen molar-refractivity contribution in [2.24, 2.45) is 0 Å². The molecule has 0 saturated carbocycles. The minimum absolute atomic E-state index is 0.0427. The molecule has 26 heavy (non-hydrogen) atoms. The molecule has 2 aromatic carbocycles. The fourth-order valence-electron chi connectivity index (χ4n) is 3.60. The van der Waals surface area contributed by atoms with Gasteiger partial charge in [0.2, 0.25) is 5.91 Å². The lowest BCUT2D eigenvalue weighted by Gasteiger charge is -2.18. The average molecular weight is 343 g/mol. The summed E-state index contributed by atoms with van der Waals surface area (Å²) in [4.78, 5) is 19.4. The number of carbonyl (C=O) groups is 1. The van der Waals surface area contributed by atoms with Gasteiger partial charge in [-0.3, -0.25) is 9.36 Å². The maximum Gasteiger partial charge on any atom is 0.227 e. The summed E-state index contributed by atoms with van der Waals surface area (Å²) >= 11 is 0. The van der Waals surface area contributed by atoms with Gasteiger partial charge in [0.15, 0.2) is 0 Å². The van der Waals surface area contributed by atoms with E-state index in [-0.39, 0.29) is 11.8 Å². The largest absolute Gasteiger partial charge is 0.312 e. The minimum atomic E-state index is 0.0427. The Kier molecular flexibility index (Phi) is 3.98. The molecule has 1 atom stereocenters. The van der Waals surface area contributed by atoms with E-state index in [9.17, 15) is 4.79 Å². The lowest BCUT2D eigenvalue weighted by Crippen LogP contribution is -2.24. The molecule has 4 nitrogen and oxygen atoms in total. The van der Waals surface area contributed by atoms with Crippen molar-refractivity contribution in [3.05, 3.63) is 71.7 Å². The summed E-state index contributed by atoms with van der Waals surface area (Å²) in [7, 11) is 0. The van der Waals surface area contributed by atoms with Gasteiger partial charge in [0, 0.05) is 24.6 Å². The molecule has 1 amide bonds. The number of hydrogen-bond donors (Lipinski definition) is 0. The smallest absolute Gasteiger partial charge is 0.227 e. The normalized spacial score (nSPS) is 16.9. The summed E-state index contributed by atoms with van der Waals surface area (Å²) in [6.45, 7) is 8.49. The number of benzene rings is 2. The van der Waals surface area contributed by atoms with Crippen molar-refractivity contribution in [3.63, 3.8) is 0 Å². The van der Waals surface area contributed by atoms with Crippen molar-refractivity contribution in [2.45, 2.75) is 26.2 Å². The van der Waals surface area contributed by atoms with Crippen LogP contribution in [0, 0.1) is 13.8 Å². The van der Waals surface area contributed by atoms with Gasteiger partial charge in [-0.1, -0.05) is 24.8 Å². The van der Waals surface area contributed by atoms with Gasteiger partial charge in [-0.15, -0.1) is 5.73 Å². The monoisotopic (exact) mass is 343 g/mol. The Balaban J connectivity index is 1.73. The third kappa shape index (κ3) is 2.65. The van der Waals surface area contributed by atoms with Crippen LogP contribution in [0.15, 0.2) is 54.8 Å². The molecule has 0 bridgehead atoms. The fourth-order valence-corrected chi connectivity index (χ4v) is 3.60. The van der Waals surface area contributed by atoms with Crippen LogP contribution >= 0.6 is 0 Å². The van der Waals surface area contributed by atoms with Crippen LogP contribution in [0.5, 0.6) is 0 Å². The molecule has 3 aromatic rings. The zero-order valence-corrected chi connectivity index (χ0v) is 15.1. The molecular weight excluding hydrogens is 322 g/mol. The van der Waals surface area contributed by atoms with E-state index >= 15 is 0 Å². The van der Waals surface area contributed by atoms with E-state index in [0.717, 1.165) is 22.5 Å². The molecule has 0 spiro atoms. The Bertz CT molecular complexity index is 1060. The minimum Gasteiger partial charge on any atom is -0.312 e. The second kappa shape index (κ2) is 6.32. The van der Waals surface area contributed by atoms with Crippen LogP contribution in [0.4, 0.5) is 5.69 Å². The third-order valence-electron chi connectivity index (χ3n) is 5.14. The van der Waals surface area contributed by atoms with Gasteiger partial charge in [-0.25, -0.2) is 4.98 Å². The predicted molar refractivity (Wildman–Crippen MR) is 105 cm³/mol. The first-order chi connectivity index (χ1) is 12.6. The topological polar surface area (TPSA) is 38.1 Å². The zero-order chi connectivity index (χ0) is 18.3. The van der Waals surface area contributed by atoms with Crippen molar-refractivity contribution in [1.29, 1.82) is 0 Å². The fraction of sp³-hybridized carbons (Fsp3) is 0.227. The molecular formula is C22H21N3O. The Morgan fingerprint density at radius 3 is 2.77 bits per heavy atom. The highest BCUT2D eigenvalue weighted by Gasteiger charge is 2.34. The highest BCUT2D eigenvalue weighted by atomic mass is 16.2. The van der Waals surface area contributed by atoms with Crippen LogP contribution in [0.2, 0.25) is 0 Å². The third-order valence-corrected chi connectivity index (χ3v) is 5.14. The molecule has 1 aliphatic heterocycles. The SMILES string of the molecule is C=C=Cn1c([C@H]2CC(=O)N(c3ccc(C)c(C)c3)C2)nc2ccccc21. The average Bonchev–Trinajstić information content (AvgIpc) is 3.19. The van der Waals surface area contributed by atoms with Gasteiger partial charge in [-0.05, 0) is 49.2 Å². The van der Waals surface area contributed by atoms with E-state index in [2.05, 4.69) is 38.3 Å². The van der Waals surface area contributed by atoms with Crippen molar-refractivity contribution in [3.8, 4) is 0 Å². The number of aryl methyl sites for hydroxylation is 2. The summed E-state index contributed by atoms with van der Waals surface area (Å²) in [5, 5.41) is 0. The Hall–Kier alpha value is -3.10. The van der Waals surface area contributed by atoms with E-state index in [1.54, 1.807) is 6.20 Å². The molecule has 1 fully saturated rings. The highest BCUT2D eigenvalue weighted by Crippen LogP contribution is 2.33. The number of aromatic nitrogens is 2. The van der Waals surface area contributed by atoms with E-state index in [0.29, 0.717) is 13.0 Å². The van der Waals surface area contributed by atoms with Crippen molar-refractivity contribution in [1.82, 2.24) is 9.55 Å². The number of anilines is 1. The number of para-hydroxylation sites is 2. The molecule has 4 rings (SSSR count). The number of rotatable bonds is 3. The molecule has 0 radical (unpaired) electrons. The summed E-state index contributed by atoms with van der Waals surface area (Å²) in [5.41, 5.74) is 8.16. The van der Waals surface area contributed by atoms with Crippen LogP contribution in [0.25, 0.3) is 17.2 Å². The van der Waals surface area contributed by atoms with Gasteiger partial charge in [-0.2, -0.15) is 0 Å². The van der Waals surface area contributed by atoms with Gasteiger partial charge in [0.25, 0.3) is 0 Å². The standard InChI is InChI=1S/C22H21N3O/c1-4-11-24-20-8-6-5-7-19(20)23-22(24)17-13-21(26)25(14-17)18-10-9-15(2)16(3)12-18/h5-12,17H,1,13-14H2,2-3H3/t17-/m0/s1. The predicted octanol–water partition coefficient (Wildman–Crippen LogP) is 4.43. The molecule has 2 heterocycles. The van der Waals surface area contributed by atoms with Crippen LogP contribution in [-0.4, -0.2) is 22.0 Å². The number of imidazole rings is 1. The van der Waals surface area contributed by atoms with E-state index < -0.39 is 0 Å². The molecule has 4 heteroatoms. The van der Waals surface area contributed by atoms with Gasteiger partial charge >= 0.3 is 0 Å². The first kappa shape index (κ1) is 16.4. The Morgan fingerprint density at radius 2 is 2.00 bits per heavy atom. The zero-order valence-electron chi connectivity index (χ0n) is 15.1. The van der Waals surface area contributed by atoms with Crippen molar-refractivity contribution < 1.29 is 4.79 Å². The number of hydrogen-bond acceptors (Lipinski definition) is 2. The molecule has 0 aliphatic carbocycles. The maximum atomic E-state index is 12.7. The highest BCUT2D eigenvalue weighted by molar-refractivity contribution is 5.96. The van der Waals surface area contributed by atoms with Crippen molar-refractivity contribution in [2.75, 3.05) is 11.4 Å². The molecule has 1 aliphatic rings. The van der Waals surface area contributed by atoms with Crippen LogP contribution < -0.4 is 4.90 Å². The lowest BCUT2D eigenvalue weighted by atomic mass is 10.1. The number of nitrogens with zero attached hydrogens (tertiary/aromatic N) is 3. The second-order valence-electron chi connectivity index (χ2n) is 6.84. The van der Waals surface area contributed by atoms with Crippen LogP contribution in [-0.2, 0) is 4.79 Å². The number of carbonyl (C=O) groups excluding carboxylic acids is 1. The van der Waals surface area contributed by atoms with E-state index in [1.165, 1.54) is 11.1 Å². The van der Waals surface area contributed by atoms with Crippen LogP contribution in [0.1, 0.15) is 29.3 Å². The summed E-state index contributed by atoms with van der Waals surface area (Å²) in [6, 6.07) is 14.2. The van der Waals surface area contributed by atoms with E-state index in [4.69, 9.17) is 4.98 Å². The molecule has 1 saturated heterocycles. The summed E-state index contributed by atoms with van der Waals surface area (Å²) in [5.74, 6) is 1.07. The maximum absolute atomic E-state index is 12.7. The van der Waals surface area contributed by atoms with Crippen molar-refractivity contribution >= 4 is 28.8 Å². The van der Waals surface area contributed by atoms with E-state index in [1.807, 2.05) is 39.8 Å². The van der Waals surface area contributed by atoms with Gasteiger partial charge in [0.05, 0.1) is 17.2 Å². The number of fused-ring (bicyclic) bond motifs is 1. The molecule has 1 aromatic heterocycles. The number of amides is 1. The van der Waals surface area contributed by atoms with Crippen LogP contribution in [0.3, 0.4) is 0 Å². The lowest BCUT2D eigenvalue weighted by molar-refractivity contribution is -0.117. The first-order valence-electron chi connectivity index (χ1n) is 8.79. The van der Waals surface area contributed by atoms with Gasteiger partial charge < -0.3 is 4.90 Å².